The molecule has 1 aromatic heterocycles. The second-order valence-corrected chi connectivity index (χ2v) is 4.97. The second-order valence-electron chi connectivity index (χ2n) is 4.59. The highest BCUT2D eigenvalue weighted by Gasteiger charge is 2.15. The molecule has 0 bridgehead atoms. The molecule has 0 amide bonds. The van der Waals surface area contributed by atoms with Crippen LogP contribution in [0.4, 0.5) is 0 Å². The first-order chi connectivity index (χ1) is 8.52. The van der Waals surface area contributed by atoms with Crippen molar-refractivity contribution in [1.82, 2.24) is 9.97 Å². The van der Waals surface area contributed by atoms with Crippen LogP contribution < -0.4 is 0 Å². The molecule has 2 rings (SSSR count). The highest BCUT2D eigenvalue weighted by molar-refractivity contribution is 6.32. The number of benzene rings is 1. The van der Waals surface area contributed by atoms with Crippen molar-refractivity contribution in [2.45, 2.75) is 27.2 Å². The van der Waals surface area contributed by atoms with Gasteiger partial charge in [-0.15, -0.1) is 0 Å². The molecular weight excluding hydrogens is 248 g/mol. The van der Waals surface area contributed by atoms with E-state index >= 15 is 0 Å². The molecular formula is C14H17ClN2O. The lowest BCUT2D eigenvalue weighted by Crippen LogP contribution is -1.94. The zero-order valence-electron chi connectivity index (χ0n) is 10.8. The molecule has 4 heteroatoms. The van der Waals surface area contributed by atoms with Crippen LogP contribution in [0, 0.1) is 20.8 Å². The van der Waals surface area contributed by atoms with Crippen molar-refractivity contribution in [2.75, 3.05) is 6.61 Å². The Hall–Kier alpha value is -1.32. The fourth-order valence-electron chi connectivity index (χ4n) is 2.34. The van der Waals surface area contributed by atoms with E-state index in [9.17, 15) is 0 Å². The average molecular weight is 265 g/mol. The van der Waals surface area contributed by atoms with Crippen LogP contribution in [0.2, 0.25) is 5.15 Å². The van der Waals surface area contributed by atoms with Crippen LogP contribution in [0.25, 0.3) is 11.3 Å². The summed E-state index contributed by atoms with van der Waals surface area (Å²) >= 11 is 6.20. The number of aromatic nitrogens is 2. The molecule has 18 heavy (non-hydrogen) atoms. The van der Waals surface area contributed by atoms with Gasteiger partial charge in [0.1, 0.15) is 16.7 Å². The number of imidazole rings is 1. The van der Waals surface area contributed by atoms with Crippen LogP contribution in [0.5, 0.6) is 0 Å². The Balaban J connectivity index is 2.55. The lowest BCUT2D eigenvalue weighted by molar-refractivity contribution is 0.297. The van der Waals surface area contributed by atoms with Gasteiger partial charge in [0.05, 0.1) is 6.61 Å². The van der Waals surface area contributed by atoms with Crippen molar-refractivity contribution in [3.8, 4) is 11.3 Å². The molecule has 0 aliphatic rings. The van der Waals surface area contributed by atoms with E-state index in [-0.39, 0.29) is 6.61 Å². The van der Waals surface area contributed by atoms with Crippen LogP contribution in [0.15, 0.2) is 12.1 Å². The van der Waals surface area contributed by atoms with E-state index in [1.165, 1.54) is 5.56 Å². The van der Waals surface area contributed by atoms with Gasteiger partial charge in [-0.25, -0.2) is 4.98 Å². The molecule has 0 aliphatic heterocycles. The summed E-state index contributed by atoms with van der Waals surface area (Å²) in [4.78, 5) is 7.48. The van der Waals surface area contributed by atoms with Crippen molar-refractivity contribution in [3.63, 3.8) is 0 Å². The molecule has 3 nitrogen and oxygen atoms in total. The topological polar surface area (TPSA) is 48.9 Å². The standard InChI is InChI=1S/C14H17ClN2O/c1-8-6-9(2)12(10(3)7-8)13-14(15)17-11(16-13)4-5-18/h6-7,18H,4-5H2,1-3H3,(H,16,17). The number of halogens is 1. The number of hydrogen-bond donors (Lipinski definition) is 2. The number of rotatable bonds is 3. The van der Waals surface area contributed by atoms with E-state index in [4.69, 9.17) is 16.7 Å². The van der Waals surface area contributed by atoms with Crippen molar-refractivity contribution in [1.29, 1.82) is 0 Å². The van der Waals surface area contributed by atoms with Gasteiger partial charge in [-0.05, 0) is 31.9 Å². The minimum atomic E-state index is 0.0646. The van der Waals surface area contributed by atoms with Gasteiger partial charge in [0, 0.05) is 12.0 Å². The molecule has 1 heterocycles. The molecule has 0 fully saturated rings. The predicted octanol–water partition coefficient (Wildman–Crippen LogP) is 3.19. The van der Waals surface area contributed by atoms with E-state index in [0.29, 0.717) is 11.6 Å². The van der Waals surface area contributed by atoms with Gasteiger partial charge in [-0.2, -0.15) is 0 Å². The minimum absolute atomic E-state index is 0.0646. The number of aliphatic hydroxyl groups is 1. The number of aromatic amines is 1. The number of nitrogens with zero attached hydrogens (tertiary/aromatic N) is 1. The van der Waals surface area contributed by atoms with Crippen LogP contribution in [-0.4, -0.2) is 21.7 Å². The van der Waals surface area contributed by atoms with Gasteiger partial charge in [0.15, 0.2) is 0 Å². The smallest absolute Gasteiger partial charge is 0.134 e. The normalized spacial score (nSPS) is 10.9. The van der Waals surface area contributed by atoms with Crippen LogP contribution in [-0.2, 0) is 6.42 Å². The summed E-state index contributed by atoms with van der Waals surface area (Å²) in [5, 5.41) is 9.47. The first kappa shape index (κ1) is 13.1. The first-order valence-electron chi connectivity index (χ1n) is 5.96. The van der Waals surface area contributed by atoms with E-state index in [1.807, 2.05) is 0 Å². The lowest BCUT2D eigenvalue weighted by Gasteiger charge is -2.09. The molecule has 0 aliphatic carbocycles. The third-order valence-electron chi connectivity index (χ3n) is 2.97. The van der Waals surface area contributed by atoms with Crippen LogP contribution in [0.1, 0.15) is 22.5 Å². The Morgan fingerprint density at radius 2 is 1.83 bits per heavy atom. The maximum Gasteiger partial charge on any atom is 0.134 e. The molecule has 0 saturated heterocycles. The van der Waals surface area contributed by atoms with Crippen LogP contribution in [0.3, 0.4) is 0 Å². The van der Waals surface area contributed by atoms with E-state index < -0.39 is 0 Å². The molecule has 2 N–H and O–H groups in total. The van der Waals surface area contributed by atoms with Gasteiger partial charge in [0.2, 0.25) is 0 Å². The summed E-state index contributed by atoms with van der Waals surface area (Å²) in [7, 11) is 0. The summed E-state index contributed by atoms with van der Waals surface area (Å²) < 4.78 is 0. The zero-order chi connectivity index (χ0) is 13.3. The van der Waals surface area contributed by atoms with E-state index in [1.54, 1.807) is 0 Å². The number of hydrogen-bond acceptors (Lipinski definition) is 2. The van der Waals surface area contributed by atoms with Crippen molar-refractivity contribution in [3.05, 3.63) is 39.8 Å². The van der Waals surface area contributed by atoms with Crippen molar-refractivity contribution < 1.29 is 5.11 Å². The second kappa shape index (κ2) is 5.12. The molecule has 0 unspecified atom stereocenters. The SMILES string of the molecule is Cc1cc(C)c(-c2nc(CCO)[nH]c2Cl)c(C)c1. The largest absolute Gasteiger partial charge is 0.396 e. The maximum absolute atomic E-state index is 8.93. The Labute approximate surface area is 112 Å². The third kappa shape index (κ3) is 2.42. The summed E-state index contributed by atoms with van der Waals surface area (Å²) in [6.45, 7) is 6.26. The summed E-state index contributed by atoms with van der Waals surface area (Å²) in [6.07, 6.45) is 0.490. The maximum atomic E-state index is 8.93. The number of aryl methyl sites for hydroxylation is 3. The van der Waals surface area contributed by atoms with Gasteiger partial charge in [-0.1, -0.05) is 29.3 Å². The predicted molar refractivity (Wildman–Crippen MR) is 74.0 cm³/mol. The monoisotopic (exact) mass is 264 g/mol. The average Bonchev–Trinajstić information content (AvgIpc) is 2.59. The number of aliphatic hydroxyl groups excluding tert-OH is 1. The van der Waals surface area contributed by atoms with Gasteiger partial charge in [0.25, 0.3) is 0 Å². The Morgan fingerprint density at radius 1 is 1.22 bits per heavy atom. The molecule has 0 radical (unpaired) electrons. The summed E-state index contributed by atoms with van der Waals surface area (Å²) in [5.41, 5.74) is 5.41. The Bertz CT molecular complexity index is 552. The van der Waals surface area contributed by atoms with Crippen molar-refractivity contribution >= 4 is 11.6 Å². The van der Waals surface area contributed by atoms with Crippen LogP contribution >= 0.6 is 11.6 Å². The third-order valence-corrected chi connectivity index (χ3v) is 3.24. The molecule has 0 saturated carbocycles. The first-order valence-corrected chi connectivity index (χ1v) is 6.34. The van der Waals surface area contributed by atoms with Gasteiger partial charge in [-0.3, -0.25) is 0 Å². The number of nitrogens with one attached hydrogen (secondary N) is 1. The van der Waals surface area contributed by atoms with E-state index in [2.05, 4.69) is 42.9 Å². The van der Waals surface area contributed by atoms with Crippen molar-refractivity contribution in [2.24, 2.45) is 0 Å². The molecule has 0 spiro atoms. The zero-order valence-corrected chi connectivity index (χ0v) is 11.6. The quantitative estimate of drug-likeness (QED) is 0.894. The Kier molecular flexibility index (Phi) is 3.73. The fourth-order valence-corrected chi connectivity index (χ4v) is 2.59. The van der Waals surface area contributed by atoms with E-state index in [0.717, 1.165) is 28.2 Å². The molecule has 2 aromatic rings. The van der Waals surface area contributed by atoms with Gasteiger partial charge < -0.3 is 10.1 Å². The highest BCUT2D eigenvalue weighted by atomic mass is 35.5. The Morgan fingerprint density at radius 3 is 2.39 bits per heavy atom. The fraction of sp³-hybridized carbons (Fsp3) is 0.357. The molecule has 1 aromatic carbocycles. The lowest BCUT2D eigenvalue weighted by atomic mass is 9.98. The summed E-state index contributed by atoms with van der Waals surface area (Å²) in [5.74, 6) is 0.719. The summed E-state index contributed by atoms with van der Waals surface area (Å²) in [6, 6.07) is 4.25. The molecule has 0 atom stereocenters. The molecule has 96 valence electrons. The minimum Gasteiger partial charge on any atom is -0.396 e. The number of H-pyrrole nitrogens is 1. The highest BCUT2D eigenvalue weighted by Crippen LogP contribution is 2.32. The van der Waals surface area contributed by atoms with Gasteiger partial charge >= 0.3 is 0 Å².